The number of halogens is 2. The molecule has 2 rings (SSSR count). The van der Waals surface area contributed by atoms with Crippen LogP contribution in [-0.2, 0) is 14.8 Å². The van der Waals surface area contributed by atoms with Gasteiger partial charge in [0.2, 0.25) is 10.0 Å². The molecule has 0 heterocycles. The van der Waals surface area contributed by atoms with Gasteiger partial charge in [0.25, 0.3) is 5.91 Å². The first-order valence-electron chi connectivity index (χ1n) is 9.59. The first-order chi connectivity index (χ1) is 14.5. The minimum Gasteiger partial charge on any atom is -0.492 e. The second-order valence-corrected chi connectivity index (χ2v) is 10.6. The Bertz CT molecular complexity index is 1030. The van der Waals surface area contributed by atoms with Gasteiger partial charge in [-0.3, -0.25) is 4.79 Å². The van der Waals surface area contributed by atoms with Gasteiger partial charge in [-0.25, -0.2) is 13.8 Å². The van der Waals surface area contributed by atoms with Crippen LogP contribution >= 0.6 is 31.9 Å². The first kappa shape index (κ1) is 25.5. The summed E-state index contributed by atoms with van der Waals surface area (Å²) in [5.41, 5.74) is 4.07. The fraction of sp³-hybridized carbons (Fsp3) is 0.333. The van der Waals surface area contributed by atoms with E-state index < -0.39 is 22.0 Å². The molecular weight excluding hydrogens is 550 g/mol. The average Bonchev–Trinajstić information content (AvgIpc) is 2.69. The fourth-order valence-corrected chi connectivity index (χ4v) is 5.42. The molecule has 2 aromatic rings. The van der Waals surface area contributed by atoms with Gasteiger partial charge in [-0.1, -0.05) is 31.5 Å². The Balaban J connectivity index is 2.12. The molecule has 0 aliphatic carbocycles. The smallest absolute Gasteiger partial charge is 0.258 e. The van der Waals surface area contributed by atoms with Crippen LogP contribution in [0.3, 0.4) is 0 Å². The first-order valence-corrected chi connectivity index (χ1v) is 12.7. The van der Waals surface area contributed by atoms with Crippen molar-refractivity contribution >= 4 is 54.0 Å². The lowest BCUT2D eigenvalue weighted by molar-refractivity contribution is -0.123. The van der Waals surface area contributed by atoms with Crippen LogP contribution in [0.15, 0.2) is 55.3 Å². The molecule has 168 valence electrons. The van der Waals surface area contributed by atoms with Gasteiger partial charge in [0.15, 0.2) is 0 Å². The van der Waals surface area contributed by atoms with Crippen molar-refractivity contribution in [3.63, 3.8) is 0 Å². The Kier molecular flexibility index (Phi) is 9.23. The van der Waals surface area contributed by atoms with Crippen LogP contribution in [0.25, 0.3) is 0 Å². The van der Waals surface area contributed by atoms with E-state index >= 15 is 0 Å². The average molecular weight is 575 g/mol. The van der Waals surface area contributed by atoms with Crippen LogP contribution in [0.4, 0.5) is 0 Å². The number of sulfonamides is 1. The molecule has 10 heteroatoms. The zero-order chi connectivity index (χ0) is 23.2. The molecule has 7 nitrogen and oxygen atoms in total. The minimum atomic E-state index is -3.85. The summed E-state index contributed by atoms with van der Waals surface area (Å²) in [4.78, 5) is 12.7. The maximum absolute atomic E-state index is 12.7. The highest BCUT2D eigenvalue weighted by Gasteiger charge is 2.28. The molecule has 1 atom stereocenters. The maximum atomic E-state index is 12.7. The van der Waals surface area contributed by atoms with Gasteiger partial charge < -0.3 is 4.74 Å². The fourth-order valence-electron chi connectivity index (χ4n) is 2.62. The number of amides is 1. The summed E-state index contributed by atoms with van der Waals surface area (Å²) < 4.78 is 34.8. The summed E-state index contributed by atoms with van der Waals surface area (Å²) in [6.45, 7) is 7.80. The van der Waals surface area contributed by atoms with Gasteiger partial charge in [0.1, 0.15) is 11.8 Å². The predicted octanol–water partition coefficient (Wildman–Crippen LogP) is 4.37. The number of ether oxygens (including phenoxy) is 1. The van der Waals surface area contributed by atoms with Crippen LogP contribution in [-0.4, -0.2) is 33.2 Å². The number of nitrogens with one attached hydrogen (secondary N) is 2. The summed E-state index contributed by atoms with van der Waals surface area (Å²) in [5, 5.41) is 3.98. The molecule has 0 fully saturated rings. The number of aryl methyl sites for hydroxylation is 1. The molecule has 0 aliphatic rings. The van der Waals surface area contributed by atoms with Crippen LogP contribution in [0.1, 0.15) is 31.9 Å². The number of rotatable bonds is 9. The third-order valence-electron chi connectivity index (χ3n) is 4.26. The van der Waals surface area contributed by atoms with E-state index in [2.05, 4.69) is 47.1 Å². The second-order valence-electron chi connectivity index (χ2n) is 7.14. The van der Waals surface area contributed by atoms with E-state index in [1.54, 1.807) is 38.1 Å². The highest BCUT2D eigenvalue weighted by atomic mass is 79.9. The van der Waals surface area contributed by atoms with Crippen molar-refractivity contribution in [1.82, 2.24) is 10.1 Å². The lowest BCUT2D eigenvalue weighted by Crippen LogP contribution is -2.48. The van der Waals surface area contributed by atoms with Gasteiger partial charge in [-0.2, -0.15) is 9.82 Å². The normalized spacial score (nSPS) is 12.9. The summed E-state index contributed by atoms with van der Waals surface area (Å²) in [7, 11) is -3.85. The van der Waals surface area contributed by atoms with Crippen LogP contribution in [0.2, 0.25) is 0 Å². The van der Waals surface area contributed by atoms with Crippen molar-refractivity contribution in [3.8, 4) is 5.75 Å². The Labute approximate surface area is 200 Å². The number of benzene rings is 2. The highest BCUT2D eigenvalue weighted by molar-refractivity contribution is 9.11. The molecule has 2 N–H and O–H groups in total. The Morgan fingerprint density at radius 2 is 1.74 bits per heavy atom. The maximum Gasteiger partial charge on any atom is 0.258 e. The zero-order valence-corrected chi connectivity index (χ0v) is 21.6. The SMILES string of the molecule is CCOc1c(Br)cc(/C=N\NC(=O)[C@H](NS(=O)(=O)c2ccc(C)cc2)C(C)C)cc1Br. The molecule has 0 spiro atoms. The predicted molar refractivity (Wildman–Crippen MR) is 129 cm³/mol. The van der Waals surface area contributed by atoms with Gasteiger partial charge >= 0.3 is 0 Å². The van der Waals surface area contributed by atoms with E-state index in [4.69, 9.17) is 4.74 Å². The molecule has 0 saturated carbocycles. The third kappa shape index (κ3) is 7.13. The molecule has 0 bridgehead atoms. The van der Waals surface area contributed by atoms with Crippen molar-refractivity contribution in [2.24, 2.45) is 11.0 Å². The van der Waals surface area contributed by atoms with E-state index in [0.717, 1.165) is 14.5 Å². The molecule has 0 radical (unpaired) electrons. The number of hydrogen-bond donors (Lipinski definition) is 2. The summed E-state index contributed by atoms with van der Waals surface area (Å²) in [6.07, 6.45) is 1.47. The molecular formula is C21H25Br2N3O4S. The van der Waals surface area contributed by atoms with Crippen LogP contribution in [0, 0.1) is 12.8 Å². The zero-order valence-electron chi connectivity index (χ0n) is 17.6. The molecule has 2 aromatic carbocycles. The summed E-state index contributed by atoms with van der Waals surface area (Å²) >= 11 is 6.88. The van der Waals surface area contributed by atoms with Crippen molar-refractivity contribution in [2.75, 3.05) is 6.61 Å². The van der Waals surface area contributed by atoms with E-state index in [1.807, 2.05) is 13.8 Å². The molecule has 1 amide bonds. The van der Waals surface area contributed by atoms with Gasteiger partial charge in [0.05, 0.1) is 26.7 Å². The van der Waals surface area contributed by atoms with Gasteiger partial charge in [0, 0.05) is 0 Å². The number of hydrazone groups is 1. The Hall–Kier alpha value is -1.75. The quantitative estimate of drug-likeness (QED) is 0.343. The highest BCUT2D eigenvalue weighted by Crippen LogP contribution is 2.34. The van der Waals surface area contributed by atoms with Crippen molar-refractivity contribution in [2.45, 2.75) is 38.6 Å². The lowest BCUT2D eigenvalue weighted by Gasteiger charge is -2.20. The largest absolute Gasteiger partial charge is 0.492 e. The number of nitrogens with zero attached hydrogens (tertiary/aromatic N) is 1. The lowest BCUT2D eigenvalue weighted by atomic mass is 10.1. The third-order valence-corrected chi connectivity index (χ3v) is 6.90. The molecule has 0 unspecified atom stereocenters. The van der Waals surface area contributed by atoms with Gasteiger partial charge in [-0.05, 0) is 81.5 Å². The minimum absolute atomic E-state index is 0.101. The molecule has 0 saturated heterocycles. The van der Waals surface area contributed by atoms with E-state index in [0.29, 0.717) is 17.9 Å². The monoisotopic (exact) mass is 573 g/mol. The Morgan fingerprint density at radius 3 is 2.26 bits per heavy atom. The standard InChI is InChI=1S/C21H25Br2N3O4S/c1-5-30-20-17(22)10-15(11-18(20)23)12-24-25-21(27)19(13(2)3)26-31(28,29)16-8-6-14(4)7-9-16/h6-13,19,26H,5H2,1-4H3,(H,25,27)/b24-12-/t19-/m1/s1. The van der Waals surface area contributed by atoms with Crippen LogP contribution < -0.4 is 14.9 Å². The second kappa shape index (κ2) is 11.2. The number of carbonyl (C=O) groups is 1. The summed E-state index contributed by atoms with van der Waals surface area (Å²) in [5.74, 6) is -0.163. The topological polar surface area (TPSA) is 96.9 Å². The molecule has 0 aromatic heterocycles. The van der Waals surface area contributed by atoms with Crippen LogP contribution in [0.5, 0.6) is 5.75 Å². The molecule has 31 heavy (non-hydrogen) atoms. The molecule has 0 aliphatic heterocycles. The number of carbonyl (C=O) groups excluding carboxylic acids is 1. The van der Waals surface area contributed by atoms with E-state index in [-0.39, 0.29) is 10.8 Å². The number of hydrogen-bond acceptors (Lipinski definition) is 5. The Morgan fingerprint density at radius 1 is 1.16 bits per heavy atom. The van der Waals surface area contributed by atoms with E-state index in [9.17, 15) is 13.2 Å². The summed E-state index contributed by atoms with van der Waals surface area (Å²) in [6, 6.07) is 9.03. The van der Waals surface area contributed by atoms with E-state index in [1.165, 1.54) is 18.3 Å². The van der Waals surface area contributed by atoms with Crippen molar-refractivity contribution in [3.05, 3.63) is 56.5 Å². The van der Waals surface area contributed by atoms with Crippen molar-refractivity contribution < 1.29 is 17.9 Å². The van der Waals surface area contributed by atoms with Gasteiger partial charge in [-0.15, -0.1) is 0 Å². The van der Waals surface area contributed by atoms with Crippen molar-refractivity contribution in [1.29, 1.82) is 0 Å².